The molecule has 1 aromatic heterocycles. The summed E-state index contributed by atoms with van der Waals surface area (Å²) in [6.07, 6.45) is 3.79. The molecule has 0 atom stereocenters. The maximum absolute atomic E-state index is 5.70. The van der Waals surface area contributed by atoms with Gasteiger partial charge < -0.3 is 5.73 Å². The third kappa shape index (κ3) is 0.663. The van der Waals surface area contributed by atoms with E-state index in [2.05, 4.69) is 5.38 Å². The van der Waals surface area contributed by atoms with E-state index in [-0.39, 0.29) is 0 Å². The average Bonchev–Trinajstić information content (AvgIpc) is 2.35. The van der Waals surface area contributed by atoms with E-state index in [4.69, 9.17) is 5.73 Å². The lowest BCUT2D eigenvalue weighted by Gasteiger charge is -1.88. The van der Waals surface area contributed by atoms with E-state index in [1.165, 1.54) is 29.7 Å². The van der Waals surface area contributed by atoms with Gasteiger partial charge in [-0.15, -0.1) is 11.3 Å². The summed E-state index contributed by atoms with van der Waals surface area (Å²) in [4.78, 5) is 1.52. The molecule has 0 unspecified atom stereocenters. The zero-order valence-corrected chi connectivity index (χ0v) is 6.00. The van der Waals surface area contributed by atoms with Crippen LogP contribution in [0.15, 0.2) is 5.38 Å². The van der Waals surface area contributed by atoms with Gasteiger partial charge in [0.25, 0.3) is 0 Å². The molecule has 0 bridgehead atoms. The highest BCUT2D eigenvalue weighted by Gasteiger charge is 2.14. The van der Waals surface area contributed by atoms with E-state index in [9.17, 15) is 0 Å². The van der Waals surface area contributed by atoms with E-state index in [1.807, 2.05) is 11.3 Å². The maximum atomic E-state index is 5.70. The first kappa shape index (κ1) is 5.30. The fourth-order valence-electron chi connectivity index (χ4n) is 1.36. The molecule has 1 nitrogen and oxygen atoms in total. The van der Waals surface area contributed by atoms with Gasteiger partial charge in [0.1, 0.15) is 0 Å². The van der Waals surface area contributed by atoms with Crippen molar-refractivity contribution >= 4 is 17.0 Å². The first-order valence-corrected chi connectivity index (χ1v) is 4.10. The molecule has 0 fully saturated rings. The van der Waals surface area contributed by atoms with Crippen molar-refractivity contribution in [1.82, 2.24) is 0 Å². The topological polar surface area (TPSA) is 26.0 Å². The minimum Gasteiger partial charge on any atom is -0.398 e. The summed E-state index contributed by atoms with van der Waals surface area (Å²) in [7, 11) is 0. The van der Waals surface area contributed by atoms with Gasteiger partial charge in [0.05, 0.1) is 0 Å². The molecule has 0 saturated heterocycles. The van der Waals surface area contributed by atoms with E-state index >= 15 is 0 Å². The quantitative estimate of drug-likeness (QED) is 0.583. The number of nitrogens with two attached hydrogens (primary N) is 1. The van der Waals surface area contributed by atoms with Crippen LogP contribution in [-0.4, -0.2) is 0 Å². The number of aryl methyl sites for hydroxylation is 1. The van der Waals surface area contributed by atoms with Crippen LogP contribution in [0.3, 0.4) is 0 Å². The van der Waals surface area contributed by atoms with Crippen molar-refractivity contribution in [2.75, 3.05) is 5.73 Å². The molecule has 9 heavy (non-hydrogen) atoms. The Labute approximate surface area is 58.5 Å². The van der Waals surface area contributed by atoms with Crippen LogP contribution in [0.25, 0.3) is 0 Å². The first-order valence-electron chi connectivity index (χ1n) is 3.22. The van der Waals surface area contributed by atoms with Crippen molar-refractivity contribution in [1.29, 1.82) is 0 Å². The second-order valence-corrected chi connectivity index (χ2v) is 3.41. The van der Waals surface area contributed by atoms with E-state index < -0.39 is 0 Å². The summed E-state index contributed by atoms with van der Waals surface area (Å²) in [5.41, 5.74) is 8.15. The maximum Gasteiger partial charge on any atom is 0.0458 e. The standard InChI is InChI=1S/C7H9NS/c8-6-4-9-7-3-1-2-5(6)7/h4H,1-3,8H2. The van der Waals surface area contributed by atoms with Crippen molar-refractivity contribution in [2.45, 2.75) is 19.3 Å². The molecule has 0 aliphatic heterocycles. The van der Waals surface area contributed by atoms with Gasteiger partial charge in [-0.1, -0.05) is 0 Å². The van der Waals surface area contributed by atoms with Crippen LogP contribution in [0, 0.1) is 0 Å². The highest BCUT2D eigenvalue weighted by molar-refractivity contribution is 7.10. The Morgan fingerprint density at radius 2 is 2.33 bits per heavy atom. The van der Waals surface area contributed by atoms with Gasteiger partial charge >= 0.3 is 0 Å². The molecule has 48 valence electrons. The zero-order valence-electron chi connectivity index (χ0n) is 5.18. The number of rotatable bonds is 0. The molecule has 0 saturated carbocycles. The van der Waals surface area contributed by atoms with Crippen LogP contribution >= 0.6 is 11.3 Å². The van der Waals surface area contributed by atoms with Crippen LogP contribution in [-0.2, 0) is 12.8 Å². The second-order valence-electron chi connectivity index (χ2n) is 2.45. The number of nitrogen functional groups attached to an aromatic ring is 1. The van der Waals surface area contributed by atoms with Crippen molar-refractivity contribution in [3.05, 3.63) is 15.8 Å². The summed E-state index contributed by atoms with van der Waals surface area (Å²) in [5.74, 6) is 0. The van der Waals surface area contributed by atoms with Crippen molar-refractivity contribution in [3.63, 3.8) is 0 Å². The first-order chi connectivity index (χ1) is 4.38. The van der Waals surface area contributed by atoms with Crippen LogP contribution in [0.1, 0.15) is 16.9 Å². The van der Waals surface area contributed by atoms with Gasteiger partial charge in [0, 0.05) is 15.9 Å². The van der Waals surface area contributed by atoms with E-state index in [0.717, 1.165) is 5.69 Å². The highest BCUT2D eigenvalue weighted by Crippen LogP contribution is 2.32. The van der Waals surface area contributed by atoms with E-state index in [1.54, 1.807) is 0 Å². The Morgan fingerprint density at radius 3 is 3.11 bits per heavy atom. The molecule has 0 radical (unpaired) electrons. The lowest BCUT2D eigenvalue weighted by Crippen LogP contribution is -1.85. The summed E-state index contributed by atoms with van der Waals surface area (Å²) in [6, 6.07) is 0. The molecule has 1 heterocycles. The van der Waals surface area contributed by atoms with Gasteiger partial charge in [-0.3, -0.25) is 0 Å². The molecule has 0 amide bonds. The molecule has 0 aromatic carbocycles. The average molecular weight is 139 g/mol. The molecule has 0 spiro atoms. The third-order valence-electron chi connectivity index (χ3n) is 1.84. The SMILES string of the molecule is Nc1csc2c1CCC2. The van der Waals surface area contributed by atoms with Crippen LogP contribution in [0.2, 0.25) is 0 Å². The normalized spacial score (nSPS) is 16.0. The van der Waals surface area contributed by atoms with Crippen molar-refractivity contribution < 1.29 is 0 Å². The molecule has 1 aromatic rings. The largest absolute Gasteiger partial charge is 0.398 e. The monoisotopic (exact) mass is 139 g/mol. The summed E-state index contributed by atoms with van der Waals surface area (Å²) < 4.78 is 0. The van der Waals surface area contributed by atoms with Crippen molar-refractivity contribution in [3.8, 4) is 0 Å². The van der Waals surface area contributed by atoms with Crippen LogP contribution in [0.5, 0.6) is 0 Å². The predicted molar refractivity (Wildman–Crippen MR) is 40.8 cm³/mol. The Hall–Kier alpha value is -0.500. The number of anilines is 1. The Morgan fingerprint density at radius 1 is 1.44 bits per heavy atom. The lowest BCUT2D eigenvalue weighted by molar-refractivity contribution is 0.915. The third-order valence-corrected chi connectivity index (χ3v) is 2.95. The lowest BCUT2D eigenvalue weighted by atomic mass is 10.2. The summed E-state index contributed by atoms with van der Waals surface area (Å²) in [6.45, 7) is 0. The highest BCUT2D eigenvalue weighted by atomic mass is 32.1. The molecular formula is C7H9NS. The van der Waals surface area contributed by atoms with Gasteiger partial charge in [-0.25, -0.2) is 0 Å². The van der Waals surface area contributed by atoms with Crippen LogP contribution < -0.4 is 5.73 Å². The molecular weight excluding hydrogens is 130 g/mol. The Balaban J connectivity index is 2.56. The summed E-state index contributed by atoms with van der Waals surface area (Å²) >= 11 is 1.81. The van der Waals surface area contributed by atoms with Crippen LogP contribution in [0.4, 0.5) is 5.69 Å². The predicted octanol–water partition coefficient (Wildman–Crippen LogP) is 1.82. The number of hydrogen-bond donors (Lipinski definition) is 1. The smallest absolute Gasteiger partial charge is 0.0458 e. The minimum absolute atomic E-state index is 1.02. The van der Waals surface area contributed by atoms with Gasteiger partial charge in [0.15, 0.2) is 0 Å². The molecule has 2 rings (SSSR count). The molecule has 2 heteroatoms. The summed E-state index contributed by atoms with van der Waals surface area (Å²) in [5, 5.41) is 2.06. The number of fused-ring (bicyclic) bond motifs is 1. The zero-order chi connectivity index (χ0) is 6.27. The number of hydrogen-bond acceptors (Lipinski definition) is 2. The molecule has 2 N–H and O–H groups in total. The fraction of sp³-hybridized carbons (Fsp3) is 0.429. The second kappa shape index (κ2) is 1.74. The van der Waals surface area contributed by atoms with Gasteiger partial charge in [0.2, 0.25) is 0 Å². The van der Waals surface area contributed by atoms with Gasteiger partial charge in [-0.05, 0) is 24.8 Å². The molecule has 1 aliphatic carbocycles. The fourth-order valence-corrected chi connectivity index (χ4v) is 2.39. The van der Waals surface area contributed by atoms with Gasteiger partial charge in [-0.2, -0.15) is 0 Å². The van der Waals surface area contributed by atoms with Crippen molar-refractivity contribution in [2.24, 2.45) is 0 Å². The Bertz CT molecular complexity index is 227. The molecule has 1 aliphatic rings. The Kier molecular flexibility index (Phi) is 1.02. The van der Waals surface area contributed by atoms with E-state index in [0.29, 0.717) is 0 Å². The minimum atomic E-state index is 1.02. The number of thiophene rings is 1.